The van der Waals surface area contributed by atoms with Crippen molar-refractivity contribution in [2.24, 2.45) is 5.92 Å². The smallest absolute Gasteiger partial charge is 0.310 e. The van der Waals surface area contributed by atoms with E-state index in [-0.39, 0.29) is 5.92 Å². The first-order valence-corrected chi connectivity index (χ1v) is 8.18. The van der Waals surface area contributed by atoms with Crippen LogP contribution in [0.1, 0.15) is 20.3 Å². The predicted octanol–water partition coefficient (Wildman–Crippen LogP) is 1.08. The molecule has 1 saturated heterocycles. The van der Waals surface area contributed by atoms with Crippen LogP contribution in [0.5, 0.6) is 0 Å². The van der Waals surface area contributed by atoms with Crippen LogP contribution in [0.2, 0.25) is 0 Å². The van der Waals surface area contributed by atoms with Gasteiger partial charge in [0.05, 0.1) is 6.04 Å². The van der Waals surface area contributed by atoms with Crippen molar-refractivity contribution >= 4 is 17.9 Å². The number of hydrogen-bond acceptors (Lipinski definition) is 6. The maximum Gasteiger partial charge on any atom is 0.361 e. The molecule has 0 amide bonds. The van der Waals surface area contributed by atoms with Crippen LogP contribution in [0.15, 0.2) is 0 Å². The van der Waals surface area contributed by atoms with Gasteiger partial charge < -0.3 is 9.05 Å². The zero-order valence-electron chi connectivity index (χ0n) is 10.2. The first-order chi connectivity index (χ1) is 7.74. The Bertz CT molecular complexity index is 400. The topological polar surface area (TPSA) is 90.9 Å². The normalized spacial score (nSPS) is 28.8. The van der Waals surface area contributed by atoms with Crippen LogP contribution in [-0.2, 0) is 28.1 Å². The molecule has 1 N–H and O–H groups in total. The molecule has 1 rings (SSSR count). The zero-order chi connectivity index (χ0) is 13.3. The minimum Gasteiger partial charge on any atom is -0.310 e. The third kappa shape index (κ3) is 3.49. The van der Waals surface area contributed by atoms with Crippen molar-refractivity contribution < 1.29 is 26.2 Å². The minimum atomic E-state index is -3.88. The van der Waals surface area contributed by atoms with E-state index in [1.165, 1.54) is 14.2 Å². The third-order valence-corrected chi connectivity index (χ3v) is 5.71. The summed E-state index contributed by atoms with van der Waals surface area (Å²) in [4.78, 5) is 0. The standard InChI is InChI=1S/C8H18NO6PS/c1-6(2)5-7-8(15-17(11,12)9-7)16(10,13-3)14-4/h6-9H,5H2,1-4H3/t7-,8+/m0/s1. The maximum atomic E-state index is 12.2. The minimum absolute atomic E-state index is 0.217. The van der Waals surface area contributed by atoms with E-state index in [0.717, 1.165) is 0 Å². The molecular weight excluding hydrogens is 269 g/mol. The van der Waals surface area contributed by atoms with E-state index in [4.69, 9.17) is 13.2 Å². The zero-order valence-corrected chi connectivity index (χ0v) is 12.0. The second kappa shape index (κ2) is 5.34. The summed E-state index contributed by atoms with van der Waals surface area (Å²) in [5.74, 6) is -0.918. The van der Waals surface area contributed by atoms with Gasteiger partial charge >= 0.3 is 17.9 Å². The van der Waals surface area contributed by atoms with Gasteiger partial charge in [-0.3, -0.25) is 4.57 Å². The Hall–Kier alpha value is 0.0200. The lowest BCUT2D eigenvalue weighted by Gasteiger charge is -2.23. The Morgan fingerprint density at radius 2 is 1.88 bits per heavy atom. The number of rotatable bonds is 5. The fraction of sp³-hybridized carbons (Fsp3) is 1.00. The Labute approximate surface area is 102 Å². The van der Waals surface area contributed by atoms with Gasteiger partial charge in [-0.2, -0.15) is 13.1 Å². The van der Waals surface area contributed by atoms with Gasteiger partial charge in [0.2, 0.25) is 0 Å². The molecule has 0 radical (unpaired) electrons. The molecule has 1 aliphatic heterocycles. The van der Waals surface area contributed by atoms with Crippen LogP contribution in [0.25, 0.3) is 0 Å². The van der Waals surface area contributed by atoms with E-state index < -0.39 is 29.8 Å². The van der Waals surface area contributed by atoms with Gasteiger partial charge in [0.15, 0.2) is 5.85 Å². The fourth-order valence-electron chi connectivity index (χ4n) is 1.70. The van der Waals surface area contributed by atoms with Gasteiger partial charge in [-0.05, 0) is 12.3 Å². The van der Waals surface area contributed by atoms with E-state index in [9.17, 15) is 13.0 Å². The van der Waals surface area contributed by atoms with Crippen LogP contribution < -0.4 is 4.72 Å². The van der Waals surface area contributed by atoms with Crippen LogP contribution in [0.4, 0.5) is 0 Å². The first-order valence-electron chi connectivity index (χ1n) is 5.16. The highest BCUT2D eigenvalue weighted by Gasteiger charge is 2.50. The predicted molar refractivity (Wildman–Crippen MR) is 61.8 cm³/mol. The monoisotopic (exact) mass is 287 g/mol. The first kappa shape index (κ1) is 15.1. The molecule has 102 valence electrons. The van der Waals surface area contributed by atoms with Gasteiger partial charge in [0.1, 0.15) is 0 Å². The number of hydrogen-bond donors (Lipinski definition) is 1. The van der Waals surface area contributed by atoms with E-state index in [0.29, 0.717) is 6.42 Å². The molecule has 17 heavy (non-hydrogen) atoms. The summed E-state index contributed by atoms with van der Waals surface area (Å²) >= 11 is 0. The molecule has 7 nitrogen and oxygen atoms in total. The van der Waals surface area contributed by atoms with E-state index in [1.54, 1.807) is 0 Å². The molecular formula is C8H18NO6PS. The Balaban J connectivity index is 2.99. The highest BCUT2D eigenvalue weighted by molar-refractivity contribution is 7.85. The largest absolute Gasteiger partial charge is 0.361 e. The second-order valence-electron chi connectivity index (χ2n) is 4.20. The van der Waals surface area contributed by atoms with E-state index in [2.05, 4.69) is 4.72 Å². The summed E-state index contributed by atoms with van der Waals surface area (Å²) in [7, 11) is -5.06. The van der Waals surface area contributed by atoms with Gasteiger partial charge in [-0.15, -0.1) is 0 Å². The fourth-order valence-corrected chi connectivity index (χ4v) is 4.80. The molecule has 0 saturated carbocycles. The van der Waals surface area contributed by atoms with E-state index >= 15 is 0 Å². The van der Waals surface area contributed by atoms with Gasteiger partial charge in [-0.1, -0.05) is 13.8 Å². The molecule has 1 heterocycles. The van der Waals surface area contributed by atoms with Crippen molar-refractivity contribution in [3.8, 4) is 0 Å². The quantitative estimate of drug-likeness (QED) is 0.761. The SMILES string of the molecule is COP(=O)(OC)[C@H]1OS(=O)(=O)N[C@H]1CC(C)C. The molecule has 0 aromatic carbocycles. The molecule has 0 aliphatic carbocycles. The lowest BCUT2D eigenvalue weighted by Crippen LogP contribution is -2.33. The molecule has 0 bridgehead atoms. The molecule has 0 spiro atoms. The van der Waals surface area contributed by atoms with E-state index in [1.807, 2.05) is 13.8 Å². The molecule has 0 aromatic heterocycles. The summed E-state index contributed by atoms with van der Waals surface area (Å²) in [6.45, 7) is 3.85. The third-order valence-electron chi connectivity index (χ3n) is 2.41. The maximum absolute atomic E-state index is 12.2. The summed E-state index contributed by atoms with van der Waals surface area (Å²) in [6.07, 6.45) is 0.487. The number of nitrogens with one attached hydrogen (secondary N) is 1. The Kier molecular flexibility index (Phi) is 4.73. The molecule has 1 fully saturated rings. The van der Waals surface area contributed by atoms with Crippen molar-refractivity contribution in [1.82, 2.24) is 4.72 Å². The summed E-state index contributed by atoms with van der Waals surface area (Å²) in [5, 5.41) is 0. The van der Waals surface area contributed by atoms with Gasteiger partial charge in [0, 0.05) is 14.2 Å². The van der Waals surface area contributed by atoms with Crippen molar-refractivity contribution in [2.75, 3.05) is 14.2 Å². The summed E-state index contributed by atoms with van der Waals surface area (Å²) in [6, 6.07) is -0.606. The molecule has 0 unspecified atom stereocenters. The summed E-state index contributed by atoms with van der Waals surface area (Å²) in [5.41, 5.74) is 0. The van der Waals surface area contributed by atoms with Gasteiger partial charge in [-0.25, -0.2) is 4.18 Å². The average molecular weight is 287 g/mol. The van der Waals surface area contributed by atoms with Crippen LogP contribution in [0, 0.1) is 5.92 Å². The van der Waals surface area contributed by atoms with Crippen LogP contribution in [0.3, 0.4) is 0 Å². The molecule has 1 aliphatic rings. The Morgan fingerprint density at radius 3 is 2.29 bits per heavy atom. The van der Waals surface area contributed by atoms with Crippen molar-refractivity contribution in [3.63, 3.8) is 0 Å². The van der Waals surface area contributed by atoms with Crippen molar-refractivity contribution in [1.29, 1.82) is 0 Å². The average Bonchev–Trinajstić information content (AvgIpc) is 2.52. The molecule has 2 atom stereocenters. The Morgan fingerprint density at radius 1 is 1.35 bits per heavy atom. The van der Waals surface area contributed by atoms with Gasteiger partial charge in [0.25, 0.3) is 0 Å². The molecule has 9 heteroatoms. The van der Waals surface area contributed by atoms with Crippen molar-refractivity contribution in [2.45, 2.75) is 32.2 Å². The van der Waals surface area contributed by atoms with Crippen LogP contribution in [-0.4, -0.2) is 34.5 Å². The van der Waals surface area contributed by atoms with Crippen LogP contribution >= 0.6 is 7.60 Å². The second-order valence-corrected chi connectivity index (χ2v) is 7.86. The highest BCUT2D eigenvalue weighted by Crippen LogP contribution is 2.55. The lowest BCUT2D eigenvalue weighted by atomic mass is 10.1. The highest BCUT2D eigenvalue weighted by atomic mass is 32.2. The lowest BCUT2D eigenvalue weighted by molar-refractivity contribution is 0.189. The summed E-state index contributed by atoms with van der Waals surface area (Å²) < 4.78 is 51.5. The molecule has 0 aromatic rings. The van der Waals surface area contributed by atoms with Crippen molar-refractivity contribution in [3.05, 3.63) is 0 Å².